The Bertz CT molecular complexity index is 213. The highest BCUT2D eigenvalue weighted by atomic mass is 32.1. The minimum Gasteiger partial charge on any atom is -0.327 e. The van der Waals surface area contributed by atoms with E-state index in [-0.39, 0.29) is 0 Å². The SMILES string of the molecule is NC(Cc1cccs1)C1CC1. The summed E-state index contributed by atoms with van der Waals surface area (Å²) in [5.41, 5.74) is 5.98. The smallest absolute Gasteiger partial charge is 0.0116 e. The molecule has 1 aliphatic carbocycles. The topological polar surface area (TPSA) is 26.0 Å². The molecule has 1 fully saturated rings. The van der Waals surface area contributed by atoms with E-state index in [1.807, 2.05) is 11.3 Å². The van der Waals surface area contributed by atoms with Crippen molar-refractivity contribution >= 4 is 11.3 Å². The molecular formula is C9H13NS. The lowest BCUT2D eigenvalue weighted by Gasteiger charge is -2.06. The molecule has 1 unspecified atom stereocenters. The van der Waals surface area contributed by atoms with E-state index in [0.29, 0.717) is 6.04 Å². The maximum absolute atomic E-state index is 5.98. The number of rotatable bonds is 3. The predicted molar refractivity (Wildman–Crippen MR) is 48.7 cm³/mol. The van der Waals surface area contributed by atoms with E-state index in [1.54, 1.807) is 0 Å². The molecule has 0 bridgehead atoms. The number of hydrogen-bond donors (Lipinski definition) is 1. The van der Waals surface area contributed by atoms with E-state index >= 15 is 0 Å². The Hall–Kier alpha value is -0.340. The van der Waals surface area contributed by atoms with Crippen LogP contribution in [0.5, 0.6) is 0 Å². The van der Waals surface area contributed by atoms with Gasteiger partial charge >= 0.3 is 0 Å². The molecule has 0 spiro atoms. The molecule has 0 saturated heterocycles. The molecule has 11 heavy (non-hydrogen) atoms. The normalized spacial score (nSPS) is 20.1. The van der Waals surface area contributed by atoms with Crippen LogP contribution in [0, 0.1) is 5.92 Å². The highest BCUT2D eigenvalue weighted by Gasteiger charge is 2.28. The Morgan fingerprint density at radius 2 is 2.45 bits per heavy atom. The van der Waals surface area contributed by atoms with E-state index in [0.717, 1.165) is 12.3 Å². The first-order valence-electron chi connectivity index (χ1n) is 4.14. The molecule has 0 aliphatic heterocycles. The van der Waals surface area contributed by atoms with Crippen molar-refractivity contribution in [2.24, 2.45) is 11.7 Å². The third-order valence-electron chi connectivity index (χ3n) is 2.24. The number of nitrogens with two attached hydrogens (primary N) is 1. The Morgan fingerprint density at radius 1 is 1.64 bits per heavy atom. The molecule has 1 aliphatic rings. The molecule has 1 nitrogen and oxygen atoms in total. The summed E-state index contributed by atoms with van der Waals surface area (Å²) in [5.74, 6) is 0.831. The fourth-order valence-corrected chi connectivity index (χ4v) is 2.13. The molecule has 1 aromatic heterocycles. The first-order chi connectivity index (χ1) is 5.36. The first kappa shape index (κ1) is 7.32. The van der Waals surface area contributed by atoms with E-state index < -0.39 is 0 Å². The molecule has 60 valence electrons. The van der Waals surface area contributed by atoms with Gasteiger partial charge in [0.05, 0.1) is 0 Å². The average molecular weight is 167 g/mol. The van der Waals surface area contributed by atoms with Crippen molar-refractivity contribution in [3.8, 4) is 0 Å². The van der Waals surface area contributed by atoms with Crippen molar-refractivity contribution < 1.29 is 0 Å². The standard InChI is InChI=1S/C9H13NS/c10-9(7-3-4-7)6-8-2-1-5-11-8/h1-2,5,7,9H,3-4,6,10H2. The van der Waals surface area contributed by atoms with Gasteiger partial charge in [0.25, 0.3) is 0 Å². The maximum Gasteiger partial charge on any atom is 0.0116 e. The number of hydrogen-bond acceptors (Lipinski definition) is 2. The summed E-state index contributed by atoms with van der Waals surface area (Å²) < 4.78 is 0. The second-order valence-electron chi connectivity index (χ2n) is 3.28. The Balaban J connectivity index is 1.89. The van der Waals surface area contributed by atoms with E-state index in [4.69, 9.17) is 5.73 Å². The van der Waals surface area contributed by atoms with Crippen molar-refractivity contribution in [1.29, 1.82) is 0 Å². The molecule has 0 amide bonds. The van der Waals surface area contributed by atoms with Crippen LogP contribution < -0.4 is 5.73 Å². The van der Waals surface area contributed by atoms with Gasteiger partial charge in [-0.05, 0) is 36.6 Å². The largest absolute Gasteiger partial charge is 0.327 e. The third kappa shape index (κ3) is 1.82. The van der Waals surface area contributed by atoms with Crippen molar-refractivity contribution in [1.82, 2.24) is 0 Å². The molecule has 0 radical (unpaired) electrons. The third-order valence-corrected chi connectivity index (χ3v) is 3.14. The van der Waals surface area contributed by atoms with Crippen LogP contribution in [0.3, 0.4) is 0 Å². The lowest BCUT2D eigenvalue weighted by atomic mass is 10.1. The van der Waals surface area contributed by atoms with E-state index in [1.165, 1.54) is 17.7 Å². The Labute approximate surface area is 71.2 Å². The van der Waals surface area contributed by atoms with Gasteiger partial charge in [-0.15, -0.1) is 11.3 Å². The molecule has 1 heterocycles. The quantitative estimate of drug-likeness (QED) is 0.732. The summed E-state index contributed by atoms with van der Waals surface area (Å²) in [5, 5.41) is 2.12. The van der Waals surface area contributed by atoms with Gasteiger partial charge in [0.1, 0.15) is 0 Å². The second-order valence-corrected chi connectivity index (χ2v) is 4.32. The minimum atomic E-state index is 0.425. The lowest BCUT2D eigenvalue weighted by molar-refractivity contribution is 0.596. The zero-order valence-corrected chi connectivity index (χ0v) is 7.31. The van der Waals surface area contributed by atoms with Gasteiger partial charge in [-0.3, -0.25) is 0 Å². The lowest BCUT2D eigenvalue weighted by Crippen LogP contribution is -2.24. The van der Waals surface area contributed by atoms with Crippen LogP contribution in [0.4, 0.5) is 0 Å². The summed E-state index contributed by atoms with van der Waals surface area (Å²) >= 11 is 1.82. The Morgan fingerprint density at radius 3 is 3.00 bits per heavy atom. The molecule has 1 saturated carbocycles. The zero-order chi connectivity index (χ0) is 7.68. The molecule has 2 heteroatoms. The van der Waals surface area contributed by atoms with Gasteiger partial charge in [-0.1, -0.05) is 6.07 Å². The van der Waals surface area contributed by atoms with Gasteiger partial charge < -0.3 is 5.73 Å². The van der Waals surface area contributed by atoms with Crippen LogP contribution in [0.15, 0.2) is 17.5 Å². The average Bonchev–Trinajstić information content (AvgIpc) is 2.73. The fraction of sp³-hybridized carbons (Fsp3) is 0.556. The predicted octanol–water partition coefficient (Wildman–Crippen LogP) is 2.03. The highest BCUT2D eigenvalue weighted by molar-refractivity contribution is 7.09. The van der Waals surface area contributed by atoms with Crippen LogP contribution in [0.25, 0.3) is 0 Å². The summed E-state index contributed by atoms with van der Waals surface area (Å²) in [7, 11) is 0. The molecule has 1 atom stereocenters. The van der Waals surface area contributed by atoms with Crippen molar-refractivity contribution in [3.63, 3.8) is 0 Å². The highest BCUT2D eigenvalue weighted by Crippen LogP contribution is 2.33. The first-order valence-corrected chi connectivity index (χ1v) is 5.02. The van der Waals surface area contributed by atoms with Gasteiger partial charge in [0.15, 0.2) is 0 Å². The summed E-state index contributed by atoms with van der Waals surface area (Å²) in [6.07, 6.45) is 3.79. The second kappa shape index (κ2) is 2.95. The van der Waals surface area contributed by atoms with Crippen LogP contribution >= 0.6 is 11.3 Å². The monoisotopic (exact) mass is 167 g/mol. The molecule has 0 aromatic carbocycles. The van der Waals surface area contributed by atoms with Gasteiger partial charge in [-0.2, -0.15) is 0 Å². The summed E-state index contributed by atoms with van der Waals surface area (Å²) in [6, 6.07) is 4.70. The van der Waals surface area contributed by atoms with Gasteiger partial charge in [0, 0.05) is 10.9 Å². The van der Waals surface area contributed by atoms with Gasteiger partial charge in [0.2, 0.25) is 0 Å². The maximum atomic E-state index is 5.98. The van der Waals surface area contributed by atoms with Crippen LogP contribution in [-0.2, 0) is 6.42 Å². The van der Waals surface area contributed by atoms with Gasteiger partial charge in [-0.25, -0.2) is 0 Å². The van der Waals surface area contributed by atoms with Crippen molar-refractivity contribution in [2.75, 3.05) is 0 Å². The minimum absolute atomic E-state index is 0.425. The van der Waals surface area contributed by atoms with E-state index in [9.17, 15) is 0 Å². The molecule has 2 rings (SSSR count). The number of thiophene rings is 1. The fourth-order valence-electron chi connectivity index (χ4n) is 1.35. The molecule has 1 aromatic rings. The van der Waals surface area contributed by atoms with E-state index in [2.05, 4.69) is 17.5 Å². The van der Waals surface area contributed by atoms with Crippen molar-refractivity contribution in [2.45, 2.75) is 25.3 Å². The van der Waals surface area contributed by atoms with Crippen LogP contribution in [0.2, 0.25) is 0 Å². The summed E-state index contributed by atoms with van der Waals surface area (Å²) in [4.78, 5) is 1.43. The van der Waals surface area contributed by atoms with Crippen LogP contribution in [0.1, 0.15) is 17.7 Å². The Kier molecular flexibility index (Phi) is 1.96. The summed E-state index contributed by atoms with van der Waals surface area (Å²) in [6.45, 7) is 0. The zero-order valence-electron chi connectivity index (χ0n) is 6.49. The van der Waals surface area contributed by atoms with Crippen molar-refractivity contribution in [3.05, 3.63) is 22.4 Å². The molecule has 2 N–H and O–H groups in total. The molecular weight excluding hydrogens is 154 g/mol. The van der Waals surface area contributed by atoms with Crippen LogP contribution in [-0.4, -0.2) is 6.04 Å².